The van der Waals surface area contributed by atoms with E-state index in [1.54, 1.807) is 13.8 Å². The highest BCUT2D eigenvalue weighted by Crippen LogP contribution is 2.46. The number of rotatable bonds is 10. The van der Waals surface area contributed by atoms with Crippen molar-refractivity contribution in [1.82, 2.24) is 5.32 Å². The number of nitrogens with one attached hydrogen (secondary N) is 2. The molecule has 12 heteroatoms. The van der Waals surface area contributed by atoms with Crippen LogP contribution in [0.3, 0.4) is 0 Å². The van der Waals surface area contributed by atoms with Crippen molar-refractivity contribution in [2.45, 2.75) is 68.3 Å². The second kappa shape index (κ2) is 12.9. The van der Waals surface area contributed by atoms with Gasteiger partial charge in [0.2, 0.25) is 5.91 Å². The monoisotopic (exact) mass is 600 g/mol. The van der Waals surface area contributed by atoms with Crippen LogP contribution < -0.4 is 10.6 Å². The van der Waals surface area contributed by atoms with Crippen LogP contribution in [0.25, 0.3) is 0 Å². The Kier molecular flexibility index (Phi) is 10.3. The van der Waals surface area contributed by atoms with E-state index in [1.807, 2.05) is 6.92 Å². The van der Waals surface area contributed by atoms with Crippen LogP contribution in [0, 0.1) is 23.5 Å². The average molecular weight is 601 g/mol. The summed E-state index contributed by atoms with van der Waals surface area (Å²) >= 11 is 6.29. The van der Waals surface area contributed by atoms with Crippen LogP contribution in [0.5, 0.6) is 0 Å². The molecule has 0 heterocycles. The van der Waals surface area contributed by atoms with E-state index in [9.17, 15) is 31.9 Å². The number of hydrogen-bond acceptors (Lipinski definition) is 6. The lowest BCUT2D eigenvalue weighted by Crippen LogP contribution is -2.54. The first-order valence-corrected chi connectivity index (χ1v) is 15.0. The highest BCUT2D eigenvalue weighted by atomic mass is 35.5. The van der Waals surface area contributed by atoms with Crippen molar-refractivity contribution in [2.24, 2.45) is 11.8 Å². The highest BCUT2D eigenvalue weighted by Gasteiger charge is 2.50. The molecule has 0 aromatic heterocycles. The Labute approximate surface area is 238 Å². The second-order valence-electron chi connectivity index (χ2n) is 10.4. The molecule has 3 N–H and O–H groups in total. The van der Waals surface area contributed by atoms with Crippen LogP contribution in [-0.4, -0.2) is 55.9 Å². The van der Waals surface area contributed by atoms with Crippen molar-refractivity contribution in [3.8, 4) is 0 Å². The fourth-order valence-electron chi connectivity index (χ4n) is 5.19. The summed E-state index contributed by atoms with van der Waals surface area (Å²) in [4.78, 5) is 25.2. The number of anilines is 1. The number of hydrogen-bond donors (Lipinski definition) is 3. The zero-order valence-corrected chi connectivity index (χ0v) is 24.4. The van der Waals surface area contributed by atoms with Crippen LogP contribution in [0.2, 0.25) is 5.02 Å². The van der Waals surface area contributed by atoms with Crippen LogP contribution in [0.4, 0.5) is 14.5 Å². The molecule has 1 aliphatic rings. The van der Waals surface area contributed by atoms with E-state index in [2.05, 4.69) is 10.6 Å². The number of methoxy groups -OCH3 is 1. The van der Waals surface area contributed by atoms with Gasteiger partial charge in [-0.3, -0.25) is 9.59 Å². The molecule has 1 saturated carbocycles. The smallest absolute Gasteiger partial charge is 0.255 e. The minimum absolute atomic E-state index is 0.00449. The largest absolute Gasteiger partial charge is 0.389 e. The van der Waals surface area contributed by atoms with Gasteiger partial charge in [0.25, 0.3) is 5.91 Å². The third-order valence-corrected chi connectivity index (χ3v) is 10.4. The highest BCUT2D eigenvalue weighted by molar-refractivity contribution is 7.92. The molecule has 0 aliphatic heterocycles. The molecule has 0 spiro atoms. The SMILES string of the molecule is CCC1C[C@@H](S(=O)(=O)c2cc(C(=O)Nc3ccc(F)c(F)c3)ccc2Cl)C[C@H](C)[C@@]1(O)CC(=O)NC[C@@H](C)OC. The maximum atomic E-state index is 13.8. The van der Waals surface area contributed by atoms with Gasteiger partial charge in [0.1, 0.15) is 0 Å². The van der Waals surface area contributed by atoms with E-state index in [-0.39, 0.29) is 59.0 Å². The molecule has 40 heavy (non-hydrogen) atoms. The predicted octanol–water partition coefficient (Wildman–Crippen LogP) is 4.74. The van der Waals surface area contributed by atoms with E-state index >= 15 is 0 Å². The lowest BCUT2D eigenvalue weighted by Gasteiger charge is -2.47. The molecule has 3 rings (SSSR count). The Hall–Kier alpha value is -2.60. The quantitative estimate of drug-likeness (QED) is 0.362. The molecule has 0 radical (unpaired) electrons. The van der Waals surface area contributed by atoms with E-state index in [4.69, 9.17) is 16.3 Å². The third kappa shape index (κ3) is 6.99. The van der Waals surface area contributed by atoms with Crippen molar-refractivity contribution < 1.29 is 36.6 Å². The first-order valence-electron chi connectivity index (χ1n) is 13.0. The number of aliphatic hydroxyl groups is 1. The standard InChI is InChI=1S/C28H35ClF2N2O6S/c1-5-19-12-21(10-16(2)28(19,36)14-26(34)32-15-17(3)39-4)40(37,38)25-11-18(6-8-22(25)29)27(35)33-20-7-9-23(30)24(31)13-20/h6-9,11,13,16-17,19,21,36H,5,10,12,14-15H2,1-4H3,(H,32,34)(H,33,35)/t16-,17+,19?,21-,28-/m0/s1. The van der Waals surface area contributed by atoms with E-state index < -0.39 is 50.1 Å². The van der Waals surface area contributed by atoms with Gasteiger partial charge in [0, 0.05) is 31.0 Å². The van der Waals surface area contributed by atoms with Crippen molar-refractivity contribution in [3.05, 3.63) is 58.6 Å². The molecule has 2 aromatic rings. The van der Waals surface area contributed by atoms with E-state index in [1.165, 1.54) is 25.3 Å². The zero-order valence-electron chi connectivity index (χ0n) is 22.8. The average Bonchev–Trinajstić information content (AvgIpc) is 2.90. The van der Waals surface area contributed by atoms with Gasteiger partial charge in [-0.25, -0.2) is 17.2 Å². The number of halogens is 3. The van der Waals surface area contributed by atoms with Crippen LogP contribution in [-0.2, 0) is 19.4 Å². The fourth-order valence-corrected chi connectivity index (χ4v) is 7.65. The predicted molar refractivity (Wildman–Crippen MR) is 148 cm³/mol. The molecule has 1 fully saturated rings. The molecule has 8 nitrogen and oxygen atoms in total. The van der Waals surface area contributed by atoms with Gasteiger partial charge < -0.3 is 20.5 Å². The minimum Gasteiger partial charge on any atom is -0.389 e. The summed E-state index contributed by atoms with van der Waals surface area (Å²) in [7, 11) is -2.53. The normalized spacial score (nSPS) is 23.9. The fraction of sp³-hybridized carbons (Fsp3) is 0.500. The van der Waals surface area contributed by atoms with Gasteiger partial charge in [-0.1, -0.05) is 31.9 Å². The van der Waals surface area contributed by atoms with Gasteiger partial charge in [0.05, 0.1) is 33.3 Å². The number of benzene rings is 2. The maximum absolute atomic E-state index is 13.8. The first kappa shape index (κ1) is 31.9. The molecular formula is C28H35ClF2N2O6S. The summed E-state index contributed by atoms with van der Waals surface area (Å²) in [6, 6.07) is 6.63. The van der Waals surface area contributed by atoms with Crippen LogP contribution in [0.1, 0.15) is 56.8 Å². The molecule has 0 bridgehead atoms. The van der Waals surface area contributed by atoms with Gasteiger partial charge >= 0.3 is 0 Å². The third-order valence-electron chi connectivity index (χ3n) is 7.77. The van der Waals surface area contributed by atoms with Crippen molar-refractivity contribution in [2.75, 3.05) is 19.0 Å². The molecule has 2 aromatic carbocycles. The van der Waals surface area contributed by atoms with Gasteiger partial charge in [-0.05, 0) is 61.9 Å². The molecule has 1 unspecified atom stereocenters. The zero-order chi connectivity index (χ0) is 29.8. The van der Waals surface area contributed by atoms with Gasteiger partial charge in [0.15, 0.2) is 21.5 Å². The lowest BCUT2D eigenvalue weighted by molar-refractivity contribution is -0.138. The molecular weight excluding hydrogens is 566 g/mol. The number of sulfone groups is 1. The summed E-state index contributed by atoms with van der Waals surface area (Å²) in [5, 5.41) is 15.8. The Morgan fingerprint density at radius 1 is 1.18 bits per heavy atom. The van der Waals surface area contributed by atoms with E-state index in [0.717, 1.165) is 18.2 Å². The van der Waals surface area contributed by atoms with Crippen molar-refractivity contribution in [1.29, 1.82) is 0 Å². The Balaban J connectivity index is 1.82. The minimum atomic E-state index is -4.06. The number of carbonyl (C=O) groups excluding carboxylic acids is 2. The number of ether oxygens (including phenoxy) is 1. The summed E-state index contributed by atoms with van der Waals surface area (Å²) in [6.45, 7) is 5.64. The number of carbonyl (C=O) groups is 2. The Morgan fingerprint density at radius 2 is 1.88 bits per heavy atom. The van der Waals surface area contributed by atoms with Gasteiger partial charge in [-0.15, -0.1) is 0 Å². The topological polar surface area (TPSA) is 122 Å². The molecule has 5 atom stereocenters. The maximum Gasteiger partial charge on any atom is 0.255 e. The summed E-state index contributed by atoms with van der Waals surface area (Å²) in [6.07, 6.45) is 0.259. The molecule has 2 amide bonds. The summed E-state index contributed by atoms with van der Waals surface area (Å²) in [5.41, 5.74) is -1.45. The summed E-state index contributed by atoms with van der Waals surface area (Å²) < 4.78 is 59.5. The summed E-state index contributed by atoms with van der Waals surface area (Å²) in [5.74, 6) is -4.31. The number of amides is 2. The molecule has 220 valence electrons. The van der Waals surface area contributed by atoms with E-state index in [0.29, 0.717) is 6.42 Å². The Morgan fingerprint density at radius 3 is 2.50 bits per heavy atom. The Bertz CT molecular complexity index is 1360. The van der Waals surface area contributed by atoms with Crippen LogP contribution >= 0.6 is 11.6 Å². The lowest BCUT2D eigenvalue weighted by atomic mass is 9.66. The first-order chi connectivity index (χ1) is 18.7. The molecule has 0 saturated heterocycles. The van der Waals surface area contributed by atoms with Gasteiger partial charge in [-0.2, -0.15) is 0 Å². The van der Waals surface area contributed by atoms with Crippen molar-refractivity contribution in [3.63, 3.8) is 0 Å². The van der Waals surface area contributed by atoms with Crippen LogP contribution in [0.15, 0.2) is 41.3 Å². The van der Waals surface area contributed by atoms with Crippen molar-refractivity contribution >= 4 is 38.9 Å². The second-order valence-corrected chi connectivity index (χ2v) is 13.0. The molecule has 1 aliphatic carbocycles.